The first kappa shape index (κ1) is 16.7. The van der Waals surface area contributed by atoms with Gasteiger partial charge in [0.15, 0.2) is 0 Å². The third-order valence-corrected chi connectivity index (χ3v) is 4.94. The van der Waals surface area contributed by atoms with Crippen molar-refractivity contribution in [3.63, 3.8) is 0 Å². The van der Waals surface area contributed by atoms with Gasteiger partial charge in [-0.05, 0) is 0 Å². The summed E-state index contributed by atoms with van der Waals surface area (Å²) in [4.78, 5) is 0. The van der Waals surface area contributed by atoms with Gasteiger partial charge in [0.2, 0.25) is 0 Å². The quantitative estimate of drug-likeness (QED) is 0.595. The van der Waals surface area contributed by atoms with Crippen LogP contribution in [-0.2, 0) is 20.1 Å². The fraction of sp³-hybridized carbons (Fsp3) is 0.235. The molecule has 0 atom stereocenters. The van der Waals surface area contributed by atoms with Crippen LogP contribution in [0.3, 0.4) is 0 Å². The van der Waals surface area contributed by atoms with E-state index in [1.54, 1.807) is 0 Å². The van der Waals surface area contributed by atoms with Gasteiger partial charge >= 0.3 is 140 Å². The van der Waals surface area contributed by atoms with E-state index in [0.29, 0.717) is 12.5 Å². The number of para-hydroxylation sites is 1. The Kier molecular flexibility index (Phi) is 6.42. The van der Waals surface area contributed by atoms with E-state index in [1.165, 1.54) is 5.56 Å². The summed E-state index contributed by atoms with van der Waals surface area (Å²) >= 11 is -1.88. The molecular formula is C17H18Cl2ORu. The number of hydrogen-bond acceptors (Lipinski definition) is 1. The summed E-state index contributed by atoms with van der Waals surface area (Å²) in [7, 11) is 12.1. The minimum atomic E-state index is -1.88. The Morgan fingerprint density at radius 2 is 1.76 bits per heavy atom. The molecule has 0 spiro atoms. The van der Waals surface area contributed by atoms with Crippen LogP contribution in [0.2, 0.25) is 0 Å². The van der Waals surface area contributed by atoms with E-state index in [9.17, 15) is 0 Å². The first-order valence-electron chi connectivity index (χ1n) is 6.70. The monoisotopic (exact) mass is 410 g/mol. The molecule has 4 heteroatoms. The molecule has 0 aliphatic carbocycles. The van der Waals surface area contributed by atoms with E-state index in [4.69, 9.17) is 24.1 Å². The van der Waals surface area contributed by atoms with Crippen molar-refractivity contribution in [2.75, 3.05) is 0 Å². The van der Waals surface area contributed by atoms with E-state index in [-0.39, 0.29) is 0 Å². The molecule has 2 aromatic rings. The first-order chi connectivity index (χ1) is 10.1. The molecule has 0 aliphatic heterocycles. The minimum absolute atomic E-state index is 0.385. The third kappa shape index (κ3) is 4.92. The molecule has 0 aliphatic rings. The number of hydrogen-bond donors (Lipinski definition) is 0. The second-order valence-electron chi connectivity index (χ2n) is 5.00. The van der Waals surface area contributed by atoms with Crippen molar-refractivity contribution in [3.05, 3.63) is 65.2 Å². The fourth-order valence-corrected chi connectivity index (χ4v) is 3.88. The SMILES string of the molecule is CC(C)c1cccc([CH]=[Ru]([Cl])[Cl])c1OCc1ccccc1. The van der Waals surface area contributed by atoms with Crippen molar-refractivity contribution < 1.29 is 18.3 Å². The Bertz CT molecular complexity index is 620. The molecule has 114 valence electrons. The molecule has 0 fully saturated rings. The van der Waals surface area contributed by atoms with Gasteiger partial charge in [0, 0.05) is 0 Å². The molecule has 0 N–H and O–H groups in total. The summed E-state index contributed by atoms with van der Waals surface area (Å²) in [6.45, 7) is 4.86. The Labute approximate surface area is 139 Å². The van der Waals surface area contributed by atoms with Crippen molar-refractivity contribution in [1.82, 2.24) is 0 Å². The van der Waals surface area contributed by atoms with Gasteiger partial charge in [-0.3, -0.25) is 0 Å². The van der Waals surface area contributed by atoms with Gasteiger partial charge in [-0.1, -0.05) is 0 Å². The van der Waals surface area contributed by atoms with Crippen LogP contribution in [0.4, 0.5) is 0 Å². The normalized spacial score (nSPS) is 11.4. The second-order valence-corrected chi connectivity index (χ2v) is 10.7. The van der Waals surface area contributed by atoms with E-state index in [1.807, 2.05) is 34.9 Å². The number of ether oxygens (including phenoxy) is 1. The summed E-state index contributed by atoms with van der Waals surface area (Å²) in [5, 5.41) is 0. The molecule has 0 bridgehead atoms. The zero-order valence-electron chi connectivity index (χ0n) is 12.0. The zero-order chi connectivity index (χ0) is 15.2. The van der Waals surface area contributed by atoms with Crippen LogP contribution in [0.15, 0.2) is 48.5 Å². The maximum absolute atomic E-state index is 6.09. The first-order valence-corrected chi connectivity index (χ1v) is 12.2. The number of benzene rings is 2. The van der Waals surface area contributed by atoms with Crippen molar-refractivity contribution >= 4 is 24.0 Å². The second kappa shape index (κ2) is 8.08. The van der Waals surface area contributed by atoms with Gasteiger partial charge in [-0.25, -0.2) is 0 Å². The maximum atomic E-state index is 6.09. The molecule has 0 heterocycles. The van der Waals surface area contributed by atoms with E-state index >= 15 is 0 Å². The van der Waals surface area contributed by atoms with Gasteiger partial charge < -0.3 is 0 Å². The zero-order valence-corrected chi connectivity index (χ0v) is 15.2. The topological polar surface area (TPSA) is 9.23 Å². The molecule has 21 heavy (non-hydrogen) atoms. The summed E-state index contributed by atoms with van der Waals surface area (Å²) in [6, 6.07) is 16.3. The van der Waals surface area contributed by atoms with Gasteiger partial charge in [-0.15, -0.1) is 0 Å². The average molecular weight is 410 g/mol. The van der Waals surface area contributed by atoms with Crippen LogP contribution in [0.25, 0.3) is 0 Å². The molecule has 0 aromatic heterocycles. The number of halogens is 2. The van der Waals surface area contributed by atoms with Gasteiger partial charge in [0.1, 0.15) is 0 Å². The fourth-order valence-electron chi connectivity index (χ4n) is 2.09. The Morgan fingerprint density at radius 1 is 1.05 bits per heavy atom. The van der Waals surface area contributed by atoms with Crippen molar-refractivity contribution in [2.45, 2.75) is 26.4 Å². The molecule has 2 rings (SSSR count). The van der Waals surface area contributed by atoms with Crippen LogP contribution in [0, 0.1) is 0 Å². The summed E-state index contributed by atoms with van der Waals surface area (Å²) in [5.74, 6) is 1.28. The third-order valence-electron chi connectivity index (χ3n) is 3.11. The average Bonchev–Trinajstić information content (AvgIpc) is 2.46. The van der Waals surface area contributed by atoms with Gasteiger partial charge in [0.25, 0.3) is 0 Å². The van der Waals surface area contributed by atoms with Crippen LogP contribution >= 0.6 is 19.4 Å². The number of rotatable bonds is 5. The van der Waals surface area contributed by atoms with Crippen LogP contribution in [0.5, 0.6) is 5.75 Å². The predicted molar refractivity (Wildman–Crippen MR) is 88.2 cm³/mol. The van der Waals surface area contributed by atoms with Gasteiger partial charge in [0.05, 0.1) is 0 Å². The molecule has 1 nitrogen and oxygen atoms in total. The standard InChI is InChI=1S/C17H18O.2ClH.Ru/c1-13(2)16-11-7-8-14(3)17(16)18-12-15-9-5-4-6-10-15;;;/h3-11,13H,12H2,1-2H3;2*1H;/q;;;+2/p-2. The Hall–Kier alpha value is -0.687. The summed E-state index contributed by atoms with van der Waals surface area (Å²) in [6.07, 6.45) is 0. The Balaban J connectivity index is 2.32. The molecular weight excluding hydrogens is 392 g/mol. The van der Waals surface area contributed by atoms with Crippen molar-refractivity contribution in [3.8, 4) is 5.75 Å². The van der Waals surface area contributed by atoms with Gasteiger partial charge in [-0.2, -0.15) is 0 Å². The van der Waals surface area contributed by atoms with E-state index < -0.39 is 13.5 Å². The van der Waals surface area contributed by atoms with Crippen LogP contribution in [0.1, 0.15) is 36.5 Å². The molecule has 0 saturated carbocycles. The molecule has 2 aromatic carbocycles. The summed E-state index contributed by atoms with van der Waals surface area (Å²) in [5.41, 5.74) is 3.33. The van der Waals surface area contributed by atoms with E-state index in [2.05, 4.69) is 32.0 Å². The predicted octanol–water partition coefficient (Wildman–Crippen LogP) is 5.47. The summed E-state index contributed by atoms with van der Waals surface area (Å²) < 4.78 is 8.04. The molecule has 0 saturated heterocycles. The van der Waals surface area contributed by atoms with Crippen LogP contribution in [-0.4, -0.2) is 4.61 Å². The molecule has 0 radical (unpaired) electrons. The van der Waals surface area contributed by atoms with Crippen molar-refractivity contribution in [1.29, 1.82) is 0 Å². The van der Waals surface area contributed by atoms with E-state index in [0.717, 1.165) is 16.9 Å². The van der Waals surface area contributed by atoms with Crippen LogP contribution < -0.4 is 4.74 Å². The molecule has 0 amide bonds. The van der Waals surface area contributed by atoms with Crippen molar-refractivity contribution in [2.24, 2.45) is 0 Å². The molecule has 0 unspecified atom stereocenters. The Morgan fingerprint density at radius 3 is 2.38 bits per heavy atom.